The predicted molar refractivity (Wildman–Crippen MR) is 126 cm³/mol. The quantitative estimate of drug-likeness (QED) is 0.561. The predicted octanol–water partition coefficient (Wildman–Crippen LogP) is 4.06. The number of aromatic nitrogens is 2. The zero-order valence-electron chi connectivity index (χ0n) is 18.7. The molecule has 0 saturated carbocycles. The fourth-order valence-corrected chi connectivity index (χ4v) is 7.04. The molecule has 3 aromatic rings. The minimum Gasteiger partial charge on any atom is -0.493 e. The Labute approximate surface area is 202 Å². The van der Waals surface area contributed by atoms with Gasteiger partial charge in [0.25, 0.3) is 0 Å². The van der Waals surface area contributed by atoms with Crippen molar-refractivity contribution in [2.45, 2.75) is 54.5 Å². The van der Waals surface area contributed by atoms with Gasteiger partial charge in [-0.15, -0.1) is 0 Å². The first-order chi connectivity index (χ1) is 16.2. The number of benzene rings is 2. The number of hydrogen-bond acceptors (Lipinski definition) is 8. The third-order valence-electron chi connectivity index (χ3n) is 6.67. The lowest BCUT2D eigenvalue weighted by atomic mass is 9.82. The van der Waals surface area contributed by atoms with Gasteiger partial charge in [-0.3, -0.25) is 4.90 Å². The van der Waals surface area contributed by atoms with Crippen molar-refractivity contribution < 1.29 is 22.7 Å². The van der Waals surface area contributed by atoms with Crippen LogP contribution in [0.15, 0.2) is 53.7 Å². The molecule has 1 aromatic heterocycles. The van der Waals surface area contributed by atoms with E-state index in [2.05, 4.69) is 14.3 Å². The molecular weight excluding hydrogens is 477 g/mol. The highest BCUT2D eigenvalue weighted by Crippen LogP contribution is 2.46. The van der Waals surface area contributed by atoms with Crippen molar-refractivity contribution in [3.05, 3.63) is 70.7 Å². The number of nitrogens with zero attached hydrogens (tertiary/aromatic N) is 3. The molecule has 1 fully saturated rings. The Bertz CT molecular complexity index is 1260. The summed E-state index contributed by atoms with van der Waals surface area (Å²) in [6.07, 6.45) is 3.23. The van der Waals surface area contributed by atoms with Gasteiger partial charge in [-0.2, -0.15) is 4.37 Å². The summed E-state index contributed by atoms with van der Waals surface area (Å²) in [5, 5.41) is 11.2. The molecule has 0 unspecified atom stereocenters. The minimum atomic E-state index is -3.59. The second kappa shape index (κ2) is 8.99. The molecule has 7 nitrogen and oxygen atoms in total. The second-order valence-corrected chi connectivity index (χ2v) is 12.1. The maximum atomic E-state index is 13.6. The number of ether oxygens (including phenoxy) is 1. The minimum absolute atomic E-state index is 0.00480. The molecule has 3 atom stereocenters. The molecule has 2 aliphatic rings. The van der Waals surface area contributed by atoms with Crippen LogP contribution in [-0.2, 0) is 15.6 Å². The number of fused-ring (bicyclic) bond motifs is 1. The Morgan fingerprint density at radius 2 is 2.03 bits per heavy atom. The van der Waals surface area contributed by atoms with Crippen LogP contribution in [0.2, 0.25) is 0 Å². The summed E-state index contributed by atoms with van der Waals surface area (Å²) in [7, 11) is -3.59. The fourth-order valence-electron chi connectivity index (χ4n) is 4.92. The lowest BCUT2D eigenvalue weighted by Gasteiger charge is -2.47. The van der Waals surface area contributed by atoms with Crippen molar-refractivity contribution in [2.75, 3.05) is 13.2 Å². The highest BCUT2D eigenvalue weighted by molar-refractivity contribution is 7.90. The molecule has 0 bridgehead atoms. The molecule has 5 rings (SSSR count). The van der Waals surface area contributed by atoms with E-state index in [0.29, 0.717) is 36.8 Å². The van der Waals surface area contributed by atoms with Crippen LogP contribution in [0.25, 0.3) is 0 Å². The van der Waals surface area contributed by atoms with Crippen LogP contribution in [0.5, 0.6) is 5.75 Å². The third-order valence-corrected chi connectivity index (χ3v) is 9.14. The van der Waals surface area contributed by atoms with Crippen molar-refractivity contribution in [1.82, 2.24) is 14.3 Å². The molecule has 0 aliphatic carbocycles. The van der Waals surface area contributed by atoms with Gasteiger partial charge < -0.3 is 9.84 Å². The van der Waals surface area contributed by atoms with Crippen molar-refractivity contribution in [3.63, 3.8) is 0 Å². The number of piperidine rings is 1. The second-order valence-electron chi connectivity index (χ2n) is 9.20. The van der Waals surface area contributed by atoms with Crippen LogP contribution in [0.4, 0.5) is 4.39 Å². The van der Waals surface area contributed by atoms with Gasteiger partial charge >= 0.3 is 0 Å². The average molecular weight is 504 g/mol. The van der Waals surface area contributed by atoms with Crippen molar-refractivity contribution in [2.24, 2.45) is 0 Å². The van der Waals surface area contributed by atoms with Gasteiger partial charge in [-0.25, -0.2) is 17.8 Å². The molecule has 2 aromatic carbocycles. The van der Waals surface area contributed by atoms with Crippen molar-refractivity contribution in [1.29, 1.82) is 0 Å². The summed E-state index contributed by atoms with van der Waals surface area (Å²) in [6.45, 7) is 2.96. The maximum absolute atomic E-state index is 13.6. The van der Waals surface area contributed by atoms with E-state index < -0.39 is 15.4 Å². The van der Waals surface area contributed by atoms with E-state index in [1.54, 1.807) is 24.3 Å². The van der Waals surface area contributed by atoms with Gasteiger partial charge in [-0.05, 0) is 61.1 Å². The largest absolute Gasteiger partial charge is 0.493 e. The number of sulfone groups is 1. The van der Waals surface area contributed by atoms with Crippen LogP contribution in [0.3, 0.4) is 0 Å². The first-order valence-corrected chi connectivity index (χ1v) is 13.6. The summed E-state index contributed by atoms with van der Waals surface area (Å²) in [5.41, 5.74) is 1.06. The lowest BCUT2D eigenvalue weighted by Crippen LogP contribution is -2.46. The third kappa shape index (κ3) is 4.72. The summed E-state index contributed by atoms with van der Waals surface area (Å²) in [4.78, 5) is 6.52. The number of aliphatic hydroxyl groups is 1. The van der Waals surface area contributed by atoms with Gasteiger partial charge in [0.2, 0.25) is 0 Å². The highest BCUT2D eigenvalue weighted by atomic mass is 32.2. The van der Waals surface area contributed by atoms with E-state index in [1.807, 2.05) is 13.0 Å². The van der Waals surface area contributed by atoms with E-state index in [-0.39, 0.29) is 28.5 Å². The van der Waals surface area contributed by atoms with Crippen molar-refractivity contribution >= 4 is 21.4 Å². The van der Waals surface area contributed by atoms with Crippen LogP contribution >= 0.6 is 11.5 Å². The van der Waals surface area contributed by atoms with E-state index in [1.165, 1.54) is 18.5 Å². The Morgan fingerprint density at radius 1 is 1.24 bits per heavy atom. The summed E-state index contributed by atoms with van der Waals surface area (Å²) >= 11 is 1.07. The zero-order chi connectivity index (χ0) is 23.9. The van der Waals surface area contributed by atoms with Gasteiger partial charge in [0.15, 0.2) is 9.84 Å². The van der Waals surface area contributed by atoms with E-state index >= 15 is 0 Å². The van der Waals surface area contributed by atoms with Crippen molar-refractivity contribution in [3.8, 4) is 5.75 Å². The summed E-state index contributed by atoms with van der Waals surface area (Å²) < 4.78 is 49.2. The van der Waals surface area contributed by atoms with Gasteiger partial charge in [0.05, 0.1) is 17.1 Å². The molecule has 0 radical (unpaired) electrons. The Balaban J connectivity index is 1.46. The van der Waals surface area contributed by atoms with Crippen LogP contribution in [-0.4, -0.2) is 46.5 Å². The molecule has 2 aliphatic heterocycles. The number of likely N-dealkylation sites (tertiary alicyclic amines) is 1. The van der Waals surface area contributed by atoms with Crippen LogP contribution < -0.4 is 4.74 Å². The number of hydrogen-bond donors (Lipinski definition) is 1. The number of rotatable bonds is 5. The van der Waals surface area contributed by atoms with Crippen LogP contribution in [0, 0.1) is 5.82 Å². The Morgan fingerprint density at radius 3 is 2.76 bits per heavy atom. The Kier molecular flexibility index (Phi) is 6.18. The first kappa shape index (κ1) is 23.3. The zero-order valence-corrected chi connectivity index (χ0v) is 20.4. The molecule has 34 heavy (non-hydrogen) atoms. The number of halogens is 1. The standard InChI is InChI=1S/C24H26FN3O4S2/c1-24(29)9-10-28(21(13-24)16-2-4-17(25)5-3-16)20-8-11-32-22-12-18(6-7-19(20)22)34(30,31)14-23-26-15-27-33-23/h2-7,12,15,20-21,29H,8-11,13-14H2,1H3/t20-,21+,24+/m0/s1. The maximum Gasteiger partial charge on any atom is 0.185 e. The smallest absolute Gasteiger partial charge is 0.185 e. The molecule has 180 valence electrons. The summed E-state index contributed by atoms with van der Waals surface area (Å²) in [6, 6.07) is 11.4. The fraction of sp³-hybridized carbons (Fsp3) is 0.417. The van der Waals surface area contributed by atoms with Gasteiger partial charge in [0, 0.05) is 30.6 Å². The monoisotopic (exact) mass is 503 g/mol. The first-order valence-electron chi connectivity index (χ1n) is 11.2. The highest BCUT2D eigenvalue weighted by Gasteiger charge is 2.40. The van der Waals surface area contributed by atoms with Gasteiger partial charge in [0.1, 0.15) is 28.7 Å². The van der Waals surface area contributed by atoms with E-state index in [4.69, 9.17) is 4.74 Å². The topological polar surface area (TPSA) is 92.6 Å². The Hall–Kier alpha value is -2.40. The summed E-state index contributed by atoms with van der Waals surface area (Å²) in [5.74, 6) is 0.0645. The van der Waals surface area contributed by atoms with Crippen LogP contribution in [0.1, 0.15) is 54.4 Å². The molecule has 1 N–H and O–H groups in total. The molecular formula is C24H26FN3O4S2. The SMILES string of the molecule is C[C@@]1(O)CCN([C@H]2CCOc3cc(S(=O)(=O)Cc4ncns4)ccc32)[C@@H](c2ccc(F)cc2)C1. The molecule has 0 amide bonds. The average Bonchev–Trinajstić information content (AvgIpc) is 3.31. The molecule has 10 heteroatoms. The van der Waals surface area contributed by atoms with E-state index in [9.17, 15) is 17.9 Å². The van der Waals surface area contributed by atoms with Gasteiger partial charge in [-0.1, -0.05) is 18.2 Å². The normalized spacial score (nSPS) is 25.5. The molecule has 1 saturated heterocycles. The molecule has 0 spiro atoms. The lowest BCUT2D eigenvalue weighted by molar-refractivity contribution is -0.0540. The van der Waals surface area contributed by atoms with E-state index in [0.717, 1.165) is 29.1 Å². The molecule has 3 heterocycles.